The molecule has 0 bridgehead atoms. The molecular weight excluding hydrogens is 390 g/mol. The summed E-state index contributed by atoms with van der Waals surface area (Å²) in [6.07, 6.45) is 1.82. The highest BCUT2D eigenvalue weighted by atomic mass is 16.5. The Morgan fingerprint density at radius 1 is 1.13 bits per heavy atom. The van der Waals surface area contributed by atoms with Gasteiger partial charge >= 0.3 is 0 Å². The number of methoxy groups -OCH3 is 1. The molecule has 7 heteroatoms. The second-order valence-corrected chi connectivity index (χ2v) is 7.81. The number of carbonyl (C=O) groups is 1. The Morgan fingerprint density at radius 2 is 1.94 bits per heavy atom. The number of fused-ring (bicyclic) bond motifs is 1. The fourth-order valence-corrected chi connectivity index (χ4v) is 3.92. The first-order valence-electron chi connectivity index (χ1n) is 10.7. The molecule has 0 aliphatic carbocycles. The van der Waals surface area contributed by atoms with Crippen LogP contribution in [0.4, 0.5) is 5.82 Å². The maximum atomic E-state index is 12.9. The number of likely N-dealkylation sites (N-methyl/N-ethyl adjacent to an activating group) is 1. The Bertz CT molecular complexity index is 1080. The second-order valence-electron chi connectivity index (χ2n) is 7.81. The molecule has 1 fully saturated rings. The number of ether oxygens (including phenoxy) is 1. The van der Waals surface area contributed by atoms with Crippen LogP contribution in [0.5, 0.6) is 5.75 Å². The SMILES string of the molecule is CCN1CCN(c2cc(CNC(=O)c3cc4cc(OC)ccc4nc3C)ccn2)CC1. The second kappa shape index (κ2) is 9.31. The predicted octanol–water partition coefficient (Wildman–Crippen LogP) is 3.02. The third-order valence-electron chi connectivity index (χ3n) is 5.86. The summed E-state index contributed by atoms with van der Waals surface area (Å²) in [7, 11) is 1.63. The first-order valence-corrected chi connectivity index (χ1v) is 10.7. The smallest absolute Gasteiger partial charge is 0.253 e. The van der Waals surface area contributed by atoms with Crippen molar-refractivity contribution in [1.82, 2.24) is 20.2 Å². The lowest BCUT2D eigenvalue weighted by atomic mass is 10.1. The lowest BCUT2D eigenvalue weighted by molar-refractivity contribution is 0.0950. The maximum absolute atomic E-state index is 12.9. The number of nitrogens with one attached hydrogen (secondary N) is 1. The number of hydrogen-bond donors (Lipinski definition) is 1. The summed E-state index contributed by atoms with van der Waals surface area (Å²) in [5, 5.41) is 3.91. The average Bonchev–Trinajstić information content (AvgIpc) is 2.82. The highest BCUT2D eigenvalue weighted by molar-refractivity contribution is 5.98. The van der Waals surface area contributed by atoms with Gasteiger partial charge in [-0.2, -0.15) is 0 Å². The topological polar surface area (TPSA) is 70.6 Å². The summed E-state index contributed by atoms with van der Waals surface area (Å²) in [6.45, 7) is 9.64. The van der Waals surface area contributed by atoms with Crippen LogP contribution in [0.15, 0.2) is 42.6 Å². The predicted molar refractivity (Wildman–Crippen MR) is 123 cm³/mol. The largest absolute Gasteiger partial charge is 0.497 e. The van der Waals surface area contributed by atoms with E-state index in [-0.39, 0.29) is 5.91 Å². The van der Waals surface area contributed by atoms with Crippen molar-refractivity contribution in [2.24, 2.45) is 0 Å². The Morgan fingerprint density at radius 3 is 2.68 bits per heavy atom. The molecule has 2 aromatic heterocycles. The summed E-state index contributed by atoms with van der Waals surface area (Å²) >= 11 is 0. The third kappa shape index (κ3) is 4.77. The van der Waals surface area contributed by atoms with E-state index in [0.717, 1.165) is 60.8 Å². The van der Waals surface area contributed by atoms with Gasteiger partial charge in [-0.1, -0.05) is 6.92 Å². The van der Waals surface area contributed by atoms with Crippen molar-refractivity contribution >= 4 is 22.6 Å². The van der Waals surface area contributed by atoms with Crippen molar-refractivity contribution in [2.45, 2.75) is 20.4 Å². The lowest BCUT2D eigenvalue weighted by Crippen LogP contribution is -2.46. The Kier molecular flexibility index (Phi) is 6.32. The van der Waals surface area contributed by atoms with Crippen LogP contribution in [-0.2, 0) is 6.54 Å². The molecule has 1 aliphatic rings. The molecule has 0 spiro atoms. The van der Waals surface area contributed by atoms with E-state index < -0.39 is 0 Å². The van der Waals surface area contributed by atoms with Crippen LogP contribution >= 0.6 is 0 Å². The Hall–Kier alpha value is -3.19. The number of nitrogens with zero attached hydrogens (tertiary/aromatic N) is 4. The van der Waals surface area contributed by atoms with Gasteiger partial charge in [0.05, 0.1) is 23.9 Å². The highest BCUT2D eigenvalue weighted by Crippen LogP contribution is 2.22. The molecule has 0 saturated carbocycles. The fourth-order valence-electron chi connectivity index (χ4n) is 3.92. The van der Waals surface area contributed by atoms with Crippen molar-refractivity contribution in [2.75, 3.05) is 44.7 Å². The van der Waals surface area contributed by atoms with Crippen molar-refractivity contribution in [3.8, 4) is 5.75 Å². The Labute approximate surface area is 183 Å². The van der Waals surface area contributed by atoms with E-state index in [1.165, 1.54) is 0 Å². The number of pyridine rings is 2. The van der Waals surface area contributed by atoms with E-state index in [1.54, 1.807) is 7.11 Å². The molecule has 4 rings (SSSR count). The molecule has 1 saturated heterocycles. The molecule has 162 valence electrons. The van der Waals surface area contributed by atoms with Gasteiger partial charge in [0.25, 0.3) is 5.91 Å². The number of hydrogen-bond acceptors (Lipinski definition) is 6. The van der Waals surface area contributed by atoms with Crippen molar-refractivity contribution in [3.63, 3.8) is 0 Å². The van der Waals surface area contributed by atoms with Crippen LogP contribution in [0.3, 0.4) is 0 Å². The molecule has 0 atom stereocenters. The monoisotopic (exact) mass is 419 g/mol. The third-order valence-corrected chi connectivity index (χ3v) is 5.86. The Balaban J connectivity index is 1.45. The standard InChI is InChI=1S/C24H29N5O2/c1-4-28-9-11-29(12-10-28)23-13-18(7-8-25-23)16-26-24(30)21-15-19-14-20(31-3)5-6-22(19)27-17(21)2/h5-8,13-15H,4,9-12,16H2,1-3H3,(H,26,30). The average molecular weight is 420 g/mol. The van der Waals surface area contributed by atoms with E-state index >= 15 is 0 Å². The molecule has 1 N–H and O–H groups in total. The molecule has 3 heterocycles. The van der Waals surface area contributed by atoms with E-state index in [0.29, 0.717) is 17.8 Å². The normalized spacial score (nSPS) is 14.6. The van der Waals surface area contributed by atoms with Crippen molar-refractivity contribution < 1.29 is 9.53 Å². The van der Waals surface area contributed by atoms with Crippen LogP contribution in [0.1, 0.15) is 28.5 Å². The lowest BCUT2D eigenvalue weighted by Gasteiger charge is -2.34. The summed E-state index contributed by atoms with van der Waals surface area (Å²) in [6, 6.07) is 11.6. The zero-order valence-corrected chi connectivity index (χ0v) is 18.4. The first kappa shape index (κ1) is 21.1. The van der Waals surface area contributed by atoms with Crippen LogP contribution in [0, 0.1) is 6.92 Å². The minimum absolute atomic E-state index is 0.135. The van der Waals surface area contributed by atoms with E-state index in [2.05, 4.69) is 38.1 Å². The zero-order chi connectivity index (χ0) is 21.8. The van der Waals surface area contributed by atoms with Gasteiger partial charge < -0.3 is 19.9 Å². The van der Waals surface area contributed by atoms with E-state index in [1.807, 2.05) is 43.5 Å². The zero-order valence-electron chi connectivity index (χ0n) is 18.4. The fraction of sp³-hybridized carbons (Fsp3) is 0.375. The van der Waals surface area contributed by atoms with Crippen molar-refractivity contribution in [1.29, 1.82) is 0 Å². The number of carbonyl (C=O) groups excluding carboxylic acids is 1. The number of rotatable bonds is 6. The molecule has 0 unspecified atom stereocenters. The highest BCUT2D eigenvalue weighted by Gasteiger charge is 2.17. The molecule has 1 amide bonds. The van der Waals surface area contributed by atoms with Gasteiger partial charge in [-0.05, 0) is 55.4 Å². The molecule has 1 aromatic carbocycles. The number of benzene rings is 1. The van der Waals surface area contributed by atoms with Gasteiger partial charge in [-0.15, -0.1) is 0 Å². The van der Waals surface area contributed by atoms with Crippen LogP contribution in [-0.4, -0.2) is 60.6 Å². The number of anilines is 1. The number of aryl methyl sites for hydroxylation is 1. The van der Waals surface area contributed by atoms with E-state index in [4.69, 9.17) is 4.74 Å². The summed E-state index contributed by atoms with van der Waals surface area (Å²) in [5.41, 5.74) is 3.16. The molecule has 31 heavy (non-hydrogen) atoms. The van der Waals surface area contributed by atoms with Gasteiger partial charge in [0.15, 0.2) is 0 Å². The van der Waals surface area contributed by atoms with Crippen molar-refractivity contribution in [3.05, 3.63) is 59.4 Å². The van der Waals surface area contributed by atoms with Crippen LogP contribution in [0.25, 0.3) is 10.9 Å². The molecule has 7 nitrogen and oxygen atoms in total. The summed E-state index contributed by atoms with van der Waals surface area (Å²) in [4.78, 5) is 26.7. The quantitative estimate of drug-likeness (QED) is 0.662. The summed E-state index contributed by atoms with van der Waals surface area (Å²) in [5.74, 6) is 1.58. The molecular formula is C24H29N5O2. The minimum Gasteiger partial charge on any atom is -0.497 e. The maximum Gasteiger partial charge on any atom is 0.253 e. The number of amides is 1. The number of piperazine rings is 1. The molecule has 0 radical (unpaired) electrons. The molecule has 1 aliphatic heterocycles. The first-order chi connectivity index (χ1) is 15.1. The van der Waals surface area contributed by atoms with Gasteiger partial charge in [0, 0.05) is 44.3 Å². The van der Waals surface area contributed by atoms with E-state index in [9.17, 15) is 4.79 Å². The minimum atomic E-state index is -0.135. The van der Waals surface area contributed by atoms with Crippen LogP contribution in [0.2, 0.25) is 0 Å². The van der Waals surface area contributed by atoms with Gasteiger partial charge in [-0.25, -0.2) is 4.98 Å². The van der Waals surface area contributed by atoms with Gasteiger partial charge in [0.2, 0.25) is 0 Å². The van der Waals surface area contributed by atoms with Gasteiger partial charge in [0.1, 0.15) is 11.6 Å². The molecule has 3 aromatic rings. The summed E-state index contributed by atoms with van der Waals surface area (Å²) < 4.78 is 5.29. The van der Waals surface area contributed by atoms with Gasteiger partial charge in [-0.3, -0.25) is 9.78 Å². The van der Waals surface area contributed by atoms with Crippen LogP contribution < -0.4 is 15.0 Å². The number of aromatic nitrogens is 2.